The summed E-state index contributed by atoms with van der Waals surface area (Å²) >= 11 is 2.12. The van der Waals surface area contributed by atoms with Gasteiger partial charge in [-0.05, 0) is 60.1 Å². The molecule has 2 aromatic rings. The highest BCUT2D eigenvalue weighted by Gasteiger charge is 2.22. The summed E-state index contributed by atoms with van der Waals surface area (Å²) in [4.78, 5) is 0. The van der Waals surface area contributed by atoms with Crippen LogP contribution in [-0.2, 0) is 12.8 Å². The van der Waals surface area contributed by atoms with Crippen LogP contribution in [0.15, 0.2) is 18.2 Å². The van der Waals surface area contributed by atoms with Crippen molar-refractivity contribution in [1.29, 1.82) is 0 Å². The molecule has 0 radical (unpaired) electrons. The minimum atomic E-state index is -0.227. The van der Waals surface area contributed by atoms with Gasteiger partial charge in [0.15, 0.2) is 0 Å². The smallest absolute Gasteiger partial charge is 0.149 e. The highest BCUT2D eigenvalue weighted by molar-refractivity contribution is 14.1. The van der Waals surface area contributed by atoms with Crippen LogP contribution in [0.3, 0.4) is 0 Å². The number of benzene rings is 1. The van der Waals surface area contributed by atoms with Crippen LogP contribution in [0, 0.1) is 9.39 Å². The first-order valence-corrected chi connectivity index (χ1v) is 6.56. The Bertz CT molecular complexity index is 592. The fourth-order valence-corrected chi connectivity index (χ4v) is 3.02. The second-order valence-corrected chi connectivity index (χ2v) is 5.33. The van der Waals surface area contributed by atoms with E-state index in [0.29, 0.717) is 5.82 Å². The molecule has 0 unspecified atom stereocenters. The fourth-order valence-electron chi connectivity index (χ4n) is 2.32. The van der Waals surface area contributed by atoms with E-state index in [1.54, 1.807) is 6.07 Å². The van der Waals surface area contributed by atoms with Crippen LogP contribution in [0.4, 0.5) is 10.2 Å². The van der Waals surface area contributed by atoms with E-state index >= 15 is 0 Å². The van der Waals surface area contributed by atoms with Crippen LogP contribution in [0.1, 0.15) is 17.7 Å². The van der Waals surface area contributed by atoms with Crippen molar-refractivity contribution in [3.63, 3.8) is 0 Å². The third-order valence-corrected chi connectivity index (χ3v) is 3.96. The monoisotopic (exact) mass is 343 g/mol. The van der Waals surface area contributed by atoms with E-state index < -0.39 is 0 Å². The number of aromatic nitrogens is 2. The van der Waals surface area contributed by atoms with Gasteiger partial charge >= 0.3 is 0 Å². The zero-order valence-corrected chi connectivity index (χ0v) is 11.2. The number of fused-ring (bicyclic) bond motifs is 1. The van der Waals surface area contributed by atoms with Crippen molar-refractivity contribution in [2.45, 2.75) is 19.3 Å². The van der Waals surface area contributed by atoms with E-state index in [1.807, 2.05) is 4.68 Å². The summed E-state index contributed by atoms with van der Waals surface area (Å²) in [5.74, 6) is 0.382. The first-order chi connectivity index (χ1) is 8.16. The van der Waals surface area contributed by atoms with E-state index in [0.717, 1.165) is 34.1 Å². The van der Waals surface area contributed by atoms with Gasteiger partial charge in [-0.3, -0.25) is 0 Å². The fraction of sp³-hybridized carbons (Fsp3) is 0.250. The molecule has 17 heavy (non-hydrogen) atoms. The first kappa shape index (κ1) is 11.0. The number of nitrogens with zero attached hydrogens (tertiary/aromatic N) is 2. The van der Waals surface area contributed by atoms with E-state index in [-0.39, 0.29) is 5.82 Å². The topological polar surface area (TPSA) is 43.8 Å². The predicted octanol–water partition coefficient (Wildman–Crippen LogP) is 2.69. The highest BCUT2D eigenvalue weighted by Crippen LogP contribution is 2.30. The molecule has 5 heteroatoms. The lowest BCUT2D eigenvalue weighted by Crippen LogP contribution is -2.04. The average Bonchev–Trinajstić information content (AvgIpc) is 2.84. The van der Waals surface area contributed by atoms with Crippen LogP contribution in [0.2, 0.25) is 0 Å². The van der Waals surface area contributed by atoms with Crippen molar-refractivity contribution in [1.82, 2.24) is 9.78 Å². The van der Waals surface area contributed by atoms with E-state index in [4.69, 9.17) is 5.73 Å². The Morgan fingerprint density at radius 2 is 2.18 bits per heavy atom. The number of nitrogen functional groups attached to an aromatic ring is 1. The molecule has 88 valence electrons. The number of hydrogen-bond donors (Lipinski definition) is 1. The number of hydrogen-bond acceptors (Lipinski definition) is 2. The lowest BCUT2D eigenvalue weighted by atomic mass is 10.2. The van der Waals surface area contributed by atoms with Gasteiger partial charge in [-0.2, -0.15) is 5.10 Å². The molecule has 0 spiro atoms. The van der Waals surface area contributed by atoms with Crippen molar-refractivity contribution in [2.24, 2.45) is 0 Å². The molecule has 0 saturated heterocycles. The van der Waals surface area contributed by atoms with Crippen molar-refractivity contribution < 1.29 is 4.39 Å². The van der Waals surface area contributed by atoms with Gasteiger partial charge in [0.2, 0.25) is 0 Å². The Hall–Kier alpha value is -1.11. The molecule has 3 rings (SSSR count). The summed E-state index contributed by atoms with van der Waals surface area (Å²) in [6.45, 7) is 0. The van der Waals surface area contributed by atoms with E-state index in [2.05, 4.69) is 27.7 Å². The minimum absolute atomic E-state index is 0.227. The third-order valence-electron chi connectivity index (χ3n) is 3.10. The van der Waals surface area contributed by atoms with Gasteiger partial charge in [0, 0.05) is 14.8 Å². The Morgan fingerprint density at radius 1 is 1.35 bits per heavy atom. The number of rotatable bonds is 1. The lowest BCUT2D eigenvalue weighted by molar-refractivity contribution is 0.625. The zero-order chi connectivity index (χ0) is 12.0. The molecule has 3 nitrogen and oxygen atoms in total. The minimum Gasteiger partial charge on any atom is -0.382 e. The van der Waals surface area contributed by atoms with Crippen LogP contribution < -0.4 is 5.73 Å². The predicted molar refractivity (Wildman–Crippen MR) is 72.7 cm³/mol. The molecule has 2 N–H and O–H groups in total. The van der Waals surface area contributed by atoms with Crippen LogP contribution in [0.5, 0.6) is 0 Å². The molecule has 1 heterocycles. The summed E-state index contributed by atoms with van der Waals surface area (Å²) in [5.41, 5.74) is 9.14. The van der Waals surface area contributed by atoms with Gasteiger partial charge in [-0.25, -0.2) is 9.07 Å². The molecule has 0 aliphatic heterocycles. The Morgan fingerprint density at radius 3 is 2.94 bits per heavy atom. The van der Waals surface area contributed by atoms with Crippen LogP contribution >= 0.6 is 22.6 Å². The van der Waals surface area contributed by atoms with Gasteiger partial charge in [0.25, 0.3) is 0 Å². The van der Waals surface area contributed by atoms with Crippen LogP contribution in [-0.4, -0.2) is 9.78 Å². The molecule has 0 bridgehead atoms. The SMILES string of the molecule is Nc1nn(-c2ccc(F)cc2I)c2c1CCC2. The zero-order valence-electron chi connectivity index (χ0n) is 9.08. The maximum atomic E-state index is 13.1. The molecule has 1 aliphatic rings. The van der Waals surface area contributed by atoms with E-state index in [1.165, 1.54) is 17.8 Å². The molecular weight excluding hydrogens is 332 g/mol. The number of halogens is 2. The van der Waals surface area contributed by atoms with Crippen molar-refractivity contribution in [3.05, 3.63) is 38.8 Å². The van der Waals surface area contributed by atoms with Gasteiger partial charge in [-0.1, -0.05) is 0 Å². The molecule has 1 aliphatic carbocycles. The Balaban J connectivity index is 2.19. The first-order valence-electron chi connectivity index (χ1n) is 5.48. The second-order valence-electron chi connectivity index (χ2n) is 4.17. The number of anilines is 1. The number of nitrogens with two attached hydrogens (primary N) is 1. The third kappa shape index (κ3) is 1.72. The van der Waals surface area contributed by atoms with Gasteiger partial charge in [-0.15, -0.1) is 0 Å². The van der Waals surface area contributed by atoms with Crippen molar-refractivity contribution in [3.8, 4) is 5.69 Å². The van der Waals surface area contributed by atoms with E-state index in [9.17, 15) is 4.39 Å². The summed E-state index contributed by atoms with van der Waals surface area (Å²) in [6, 6.07) is 4.72. The van der Waals surface area contributed by atoms with Crippen molar-refractivity contribution in [2.75, 3.05) is 5.73 Å². The van der Waals surface area contributed by atoms with Crippen molar-refractivity contribution >= 4 is 28.4 Å². The van der Waals surface area contributed by atoms with Gasteiger partial charge in [0.05, 0.1) is 5.69 Å². The molecular formula is C12H11FIN3. The molecule has 0 amide bonds. The maximum absolute atomic E-state index is 13.1. The average molecular weight is 343 g/mol. The quantitative estimate of drug-likeness (QED) is 0.810. The molecule has 1 aromatic carbocycles. The maximum Gasteiger partial charge on any atom is 0.149 e. The summed E-state index contributed by atoms with van der Waals surface area (Å²) < 4.78 is 15.8. The molecule has 0 fully saturated rings. The summed E-state index contributed by atoms with van der Waals surface area (Å²) in [6.07, 6.45) is 3.11. The highest BCUT2D eigenvalue weighted by atomic mass is 127. The lowest BCUT2D eigenvalue weighted by Gasteiger charge is -2.07. The normalized spacial score (nSPS) is 14.0. The molecule has 1 aromatic heterocycles. The molecule has 0 saturated carbocycles. The van der Waals surface area contributed by atoms with Crippen LogP contribution in [0.25, 0.3) is 5.69 Å². The second kappa shape index (κ2) is 3.97. The Labute approximate surface area is 112 Å². The van der Waals surface area contributed by atoms with Gasteiger partial charge in [0.1, 0.15) is 11.6 Å². The Kier molecular flexibility index (Phi) is 2.57. The summed E-state index contributed by atoms with van der Waals surface area (Å²) in [5, 5.41) is 4.36. The standard InChI is InChI=1S/C12H11FIN3/c13-7-4-5-11(9(14)6-7)17-10-3-1-2-8(10)12(15)16-17/h4-6H,1-3H2,(H2,15,16). The summed E-state index contributed by atoms with van der Waals surface area (Å²) in [7, 11) is 0. The van der Waals surface area contributed by atoms with Gasteiger partial charge < -0.3 is 5.73 Å². The largest absolute Gasteiger partial charge is 0.382 e. The molecule has 0 atom stereocenters.